The topological polar surface area (TPSA) is 65.0 Å². The highest BCUT2D eigenvalue weighted by atomic mass is 35.5. The van der Waals surface area contributed by atoms with Gasteiger partial charge in [0, 0.05) is 68.3 Å². The standard InChI is InChI=1S/C22H29ClN6O/c1-24-22(27-19-7-9-29(16-19)20-6-2-5-18(23)14-20)26-15-17-4-3-8-25-21(17)28-10-12-30-13-11-28/h2-6,8,14,19H,7,9-13,15-16H2,1H3,(H2,24,26,27). The molecule has 30 heavy (non-hydrogen) atoms. The summed E-state index contributed by atoms with van der Waals surface area (Å²) in [4.78, 5) is 13.7. The Hall–Kier alpha value is -2.51. The summed E-state index contributed by atoms with van der Waals surface area (Å²) in [6.45, 7) is 5.84. The highest BCUT2D eigenvalue weighted by Crippen LogP contribution is 2.23. The lowest BCUT2D eigenvalue weighted by Crippen LogP contribution is -2.44. The normalized spacial score (nSPS) is 19.8. The van der Waals surface area contributed by atoms with Gasteiger partial charge in [0.1, 0.15) is 5.82 Å². The minimum atomic E-state index is 0.336. The van der Waals surface area contributed by atoms with Crippen molar-refractivity contribution in [3.05, 3.63) is 53.2 Å². The second kappa shape index (κ2) is 10.00. The van der Waals surface area contributed by atoms with Gasteiger partial charge in [0.15, 0.2) is 5.96 Å². The number of hydrogen-bond acceptors (Lipinski definition) is 5. The van der Waals surface area contributed by atoms with Crippen molar-refractivity contribution in [1.29, 1.82) is 0 Å². The summed E-state index contributed by atoms with van der Waals surface area (Å²) in [6, 6.07) is 12.5. The molecule has 0 bridgehead atoms. The Morgan fingerprint density at radius 3 is 2.87 bits per heavy atom. The van der Waals surface area contributed by atoms with Crippen molar-refractivity contribution in [3.8, 4) is 0 Å². The maximum atomic E-state index is 6.15. The molecule has 2 aliphatic rings. The number of benzene rings is 1. The number of aromatic nitrogens is 1. The molecule has 1 atom stereocenters. The van der Waals surface area contributed by atoms with Crippen LogP contribution in [-0.2, 0) is 11.3 Å². The van der Waals surface area contributed by atoms with Crippen LogP contribution in [0, 0.1) is 0 Å². The largest absolute Gasteiger partial charge is 0.378 e. The average molecular weight is 429 g/mol. The highest BCUT2D eigenvalue weighted by Gasteiger charge is 2.24. The lowest BCUT2D eigenvalue weighted by atomic mass is 10.2. The van der Waals surface area contributed by atoms with Crippen LogP contribution in [0.5, 0.6) is 0 Å². The summed E-state index contributed by atoms with van der Waals surface area (Å²) in [5.74, 6) is 1.83. The van der Waals surface area contributed by atoms with Gasteiger partial charge in [-0.1, -0.05) is 23.7 Å². The van der Waals surface area contributed by atoms with Gasteiger partial charge in [-0.15, -0.1) is 0 Å². The minimum Gasteiger partial charge on any atom is -0.378 e. The fourth-order valence-electron chi connectivity index (χ4n) is 3.98. The molecule has 2 fully saturated rings. The van der Waals surface area contributed by atoms with Gasteiger partial charge >= 0.3 is 0 Å². The molecular formula is C22H29ClN6O. The summed E-state index contributed by atoms with van der Waals surface area (Å²) in [7, 11) is 1.81. The lowest BCUT2D eigenvalue weighted by Gasteiger charge is -2.29. The Kier molecular flexibility index (Phi) is 6.92. The van der Waals surface area contributed by atoms with Crippen molar-refractivity contribution in [2.45, 2.75) is 19.0 Å². The Bertz CT molecular complexity index is 870. The second-order valence-corrected chi connectivity index (χ2v) is 8.00. The summed E-state index contributed by atoms with van der Waals surface area (Å²) < 4.78 is 5.47. The van der Waals surface area contributed by atoms with Crippen molar-refractivity contribution in [3.63, 3.8) is 0 Å². The third-order valence-corrected chi connectivity index (χ3v) is 5.79. The molecule has 0 amide bonds. The zero-order valence-corrected chi connectivity index (χ0v) is 18.1. The predicted molar refractivity (Wildman–Crippen MR) is 123 cm³/mol. The zero-order chi connectivity index (χ0) is 20.8. The van der Waals surface area contributed by atoms with Gasteiger partial charge in [-0.3, -0.25) is 4.99 Å². The molecule has 7 nitrogen and oxygen atoms in total. The van der Waals surface area contributed by atoms with Gasteiger partial charge in [-0.05, 0) is 30.7 Å². The van der Waals surface area contributed by atoms with E-state index in [9.17, 15) is 0 Å². The van der Waals surface area contributed by atoms with Crippen LogP contribution in [0.2, 0.25) is 5.02 Å². The van der Waals surface area contributed by atoms with E-state index in [-0.39, 0.29) is 0 Å². The molecule has 2 aliphatic heterocycles. The number of guanidine groups is 1. The first-order valence-corrected chi connectivity index (χ1v) is 10.8. The molecule has 1 aromatic heterocycles. The van der Waals surface area contributed by atoms with Gasteiger partial charge in [-0.2, -0.15) is 0 Å². The fourth-order valence-corrected chi connectivity index (χ4v) is 4.17. The third kappa shape index (κ3) is 5.15. The summed E-state index contributed by atoms with van der Waals surface area (Å²) >= 11 is 6.15. The Labute approximate surface area is 183 Å². The number of nitrogens with zero attached hydrogens (tertiary/aromatic N) is 4. The van der Waals surface area contributed by atoms with Gasteiger partial charge in [0.05, 0.1) is 13.2 Å². The summed E-state index contributed by atoms with van der Waals surface area (Å²) in [5.41, 5.74) is 2.33. The Morgan fingerprint density at radius 2 is 2.07 bits per heavy atom. The Morgan fingerprint density at radius 1 is 1.20 bits per heavy atom. The maximum absolute atomic E-state index is 6.15. The number of anilines is 2. The van der Waals surface area contributed by atoms with Crippen LogP contribution in [0.15, 0.2) is 47.6 Å². The minimum absolute atomic E-state index is 0.336. The first-order valence-electron chi connectivity index (χ1n) is 10.5. The first kappa shape index (κ1) is 20.8. The van der Waals surface area contributed by atoms with Crippen LogP contribution in [0.3, 0.4) is 0 Å². The molecule has 0 radical (unpaired) electrons. The van der Waals surface area contributed by atoms with Crippen LogP contribution in [-0.4, -0.2) is 63.4 Å². The van der Waals surface area contributed by atoms with Gasteiger partial charge in [-0.25, -0.2) is 4.98 Å². The number of nitrogens with one attached hydrogen (secondary N) is 2. The quantitative estimate of drug-likeness (QED) is 0.563. The SMILES string of the molecule is CN=C(NCc1cccnc1N1CCOCC1)NC1CCN(c2cccc(Cl)c2)C1. The van der Waals surface area contributed by atoms with E-state index in [0.717, 1.165) is 68.2 Å². The molecule has 2 saturated heterocycles. The molecule has 0 aliphatic carbocycles. The molecular weight excluding hydrogens is 400 g/mol. The summed E-state index contributed by atoms with van der Waals surface area (Å²) in [5, 5.41) is 7.79. The molecule has 2 N–H and O–H groups in total. The number of pyridine rings is 1. The van der Waals surface area contributed by atoms with Crippen LogP contribution < -0.4 is 20.4 Å². The van der Waals surface area contributed by atoms with Gasteiger partial charge in [0.2, 0.25) is 0 Å². The lowest BCUT2D eigenvalue weighted by molar-refractivity contribution is 0.122. The van der Waals surface area contributed by atoms with Crippen LogP contribution in [0.4, 0.5) is 11.5 Å². The highest BCUT2D eigenvalue weighted by molar-refractivity contribution is 6.30. The molecule has 8 heteroatoms. The van der Waals surface area contributed by atoms with E-state index in [4.69, 9.17) is 16.3 Å². The van der Waals surface area contributed by atoms with Crippen molar-refractivity contribution >= 4 is 29.1 Å². The Balaban J connectivity index is 1.33. The molecule has 1 aromatic carbocycles. The van der Waals surface area contributed by atoms with Crippen molar-refractivity contribution in [1.82, 2.24) is 15.6 Å². The van der Waals surface area contributed by atoms with Crippen molar-refractivity contribution < 1.29 is 4.74 Å². The number of halogens is 1. The van der Waals surface area contributed by atoms with E-state index >= 15 is 0 Å². The maximum Gasteiger partial charge on any atom is 0.191 e. The molecule has 0 spiro atoms. The van der Waals surface area contributed by atoms with E-state index in [1.165, 1.54) is 5.69 Å². The molecule has 1 unspecified atom stereocenters. The van der Waals surface area contributed by atoms with Gasteiger partial charge < -0.3 is 25.2 Å². The molecule has 4 rings (SSSR count). The number of rotatable bonds is 5. The molecule has 0 saturated carbocycles. The smallest absolute Gasteiger partial charge is 0.191 e. The number of aliphatic imine (C=N–C) groups is 1. The number of hydrogen-bond donors (Lipinski definition) is 2. The molecule has 3 heterocycles. The number of ether oxygens (including phenoxy) is 1. The third-order valence-electron chi connectivity index (χ3n) is 5.55. The monoisotopic (exact) mass is 428 g/mol. The van der Waals surface area contributed by atoms with Crippen molar-refractivity contribution in [2.75, 3.05) is 56.2 Å². The first-order chi connectivity index (χ1) is 14.7. The predicted octanol–water partition coefficient (Wildman–Crippen LogP) is 2.52. The van der Waals surface area contributed by atoms with Crippen LogP contribution >= 0.6 is 11.6 Å². The van der Waals surface area contributed by atoms with E-state index < -0.39 is 0 Å². The molecule has 160 valence electrons. The molecule has 2 aromatic rings. The van der Waals surface area contributed by atoms with Crippen LogP contribution in [0.1, 0.15) is 12.0 Å². The second-order valence-electron chi connectivity index (χ2n) is 7.57. The fraction of sp³-hybridized carbons (Fsp3) is 0.455. The van der Waals surface area contributed by atoms with E-state index in [0.29, 0.717) is 12.6 Å². The average Bonchev–Trinajstić information content (AvgIpc) is 3.26. The van der Waals surface area contributed by atoms with Crippen LogP contribution in [0.25, 0.3) is 0 Å². The zero-order valence-electron chi connectivity index (χ0n) is 17.4. The van der Waals surface area contributed by atoms with E-state index in [2.05, 4.69) is 42.5 Å². The van der Waals surface area contributed by atoms with Gasteiger partial charge in [0.25, 0.3) is 0 Å². The van der Waals surface area contributed by atoms with Crippen molar-refractivity contribution in [2.24, 2.45) is 4.99 Å². The summed E-state index contributed by atoms with van der Waals surface area (Å²) in [6.07, 6.45) is 2.91. The number of morpholine rings is 1. The van der Waals surface area contributed by atoms with E-state index in [1.807, 2.05) is 37.5 Å². The van der Waals surface area contributed by atoms with E-state index in [1.54, 1.807) is 0 Å².